The maximum absolute atomic E-state index is 12.5. The summed E-state index contributed by atoms with van der Waals surface area (Å²) in [7, 11) is 0. The van der Waals surface area contributed by atoms with E-state index in [0.717, 1.165) is 43.6 Å². The second-order valence-corrected chi connectivity index (χ2v) is 7.05. The van der Waals surface area contributed by atoms with Gasteiger partial charge in [-0.05, 0) is 38.3 Å². The number of aryl methyl sites for hydroxylation is 2. The first-order valence-electron chi connectivity index (χ1n) is 10.1. The average Bonchev–Trinajstić information content (AvgIpc) is 3.34. The summed E-state index contributed by atoms with van der Waals surface area (Å²) in [5.41, 5.74) is 2.07. The standard InChI is InChI=1S/C21H28N6O2/c1-17-20(27-14-6-4-8-18(27)25-17)21(29)24-10-5-2-3-9-19(28)23-11-7-13-26-15-12-22-16-26/h4,6,8,12,14-16H,2-3,5,7,9-11,13H2,1H3,(H,23,28)(H,24,29). The largest absolute Gasteiger partial charge is 0.356 e. The topological polar surface area (TPSA) is 93.3 Å². The van der Waals surface area contributed by atoms with Gasteiger partial charge in [0.2, 0.25) is 5.91 Å². The number of fused-ring (bicyclic) bond motifs is 1. The minimum atomic E-state index is -0.114. The number of amides is 2. The molecule has 0 saturated heterocycles. The third-order valence-electron chi connectivity index (χ3n) is 4.76. The van der Waals surface area contributed by atoms with Gasteiger partial charge in [-0.15, -0.1) is 0 Å². The number of nitrogens with one attached hydrogen (secondary N) is 2. The fraction of sp³-hybridized carbons (Fsp3) is 0.429. The molecule has 0 fully saturated rings. The summed E-state index contributed by atoms with van der Waals surface area (Å²) in [6.45, 7) is 3.96. The first-order chi connectivity index (χ1) is 14.1. The van der Waals surface area contributed by atoms with Gasteiger partial charge in [0, 0.05) is 44.6 Å². The van der Waals surface area contributed by atoms with Gasteiger partial charge in [-0.1, -0.05) is 12.5 Å². The quantitative estimate of drug-likeness (QED) is 0.487. The summed E-state index contributed by atoms with van der Waals surface area (Å²) >= 11 is 0. The van der Waals surface area contributed by atoms with Crippen LogP contribution in [0.3, 0.4) is 0 Å². The van der Waals surface area contributed by atoms with Crippen LogP contribution in [0.5, 0.6) is 0 Å². The van der Waals surface area contributed by atoms with Crippen LogP contribution in [0.1, 0.15) is 48.3 Å². The molecule has 3 aromatic heterocycles. The average molecular weight is 396 g/mol. The Morgan fingerprint density at radius 1 is 1.03 bits per heavy atom. The molecule has 0 atom stereocenters. The lowest BCUT2D eigenvalue weighted by Gasteiger charge is -2.07. The van der Waals surface area contributed by atoms with Crippen molar-refractivity contribution in [3.63, 3.8) is 0 Å². The van der Waals surface area contributed by atoms with Crippen LogP contribution in [0.25, 0.3) is 5.65 Å². The Bertz CT molecular complexity index is 932. The lowest BCUT2D eigenvalue weighted by molar-refractivity contribution is -0.121. The van der Waals surface area contributed by atoms with Crippen LogP contribution in [-0.2, 0) is 11.3 Å². The number of rotatable bonds is 11. The molecule has 0 saturated carbocycles. The molecule has 0 aliphatic rings. The van der Waals surface area contributed by atoms with Gasteiger partial charge in [0.15, 0.2) is 0 Å². The zero-order valence-corrected chi connectivity index (χ0v) is 16.8. The smallest absolute Gasteiger partial charge is 0.270 e. The summed E-state index contributed by atoms with van der Waals surface area (Å²) in [6.07, 6.45) is 11.2. The van der Waals surface area contributed by atoms with Gasteiger partial charge in [-0.2, -0.15) is 0 Å². The monoisotopic (exact) mass is 396 g/mol. The second-order valence-electron chi connectivity index (χ2n) is 7.05. The van der Waals surface area contributed by atoms with Crippen molar-refractivity contribution in [2.75, 3.05) is 13.1 Å². The number of pyridine rings is 1. The minimum absolute atomic E-state index is 0.0843. The van der Waals surface area contributed by atoms with Crippen LogP contribution in [0.4, 0.5) is 0 Å². The fourth-order valence-corrected chi connectivity index (χ4v) is 3.26. The van der Waals surface area contributed by atoms with E-state index in [1.165, 1.54) is 0 Å². The zero-order chi connectivity index (χ0) is 20.5. The molecule has 0 radical (unpaired) electrons. The molecular weight excluding hydrogens is 368 g/mol. The van der Waals surface area contributed by atoms with Gasteiger partial charge in [0.25, 0.3) is 5.91 Å². The molecule has 8 nitrogen and oxygen atoms in total. The summed E-state index contributed by atoms with van der Waals surface area (Å²) in [5.74, 6) is -0.0298. The zero-order valence-electron chi connectivity index (χ0n) is 16.8. The van der Waals surface area contributed by atoms with Crippen molar-refractivity contribution in [3.8, 4) is 0 Å². The molecule has 29 heavy (non-hydrogen) atoms. The van der Waals surface area contributed by atoms with E-state index in [1.54, 1.807) is 12.5 Å². The Morgan fingerprint density at radius 2 is 1.90 bits per heavy atom. The molecule has 2 amide bonds. The third-order valence-corrected chi connectivity index (χ3v) is 4.76. The Hall–Kier alpha value is -3.16. The normalized spacial score (nSPS) is 10.9. The van der Waals surface area contributed by atoms with Gasteiger partial charge < -0.3 is 15.2 Å². The van der Waals surface area contributed by atoms with Crippen molar-refractivity contribution in [1.29, 1.82) is 0 Å². The summed E-state index contributed by atoms with van der Waals surface area (Å²) in [4.78, 5) is 32.7. The maximum Gasteiger partial charge on any atom is 0.270 e. The van der Waals surface area contributed by atoms with E-state index in [0.29, 0.717) is 25.2 Å². The Labute approximate surface area is 170 Å². The molecule has 3 rings (SSSR count). The summed E-state index contributed by atoms with van der Waals surface area (Å²) in [5, 5.41) is 5.90. The van der Waals surface area contributed by atoms with Crippen molar-refractivity contribution >= 4 is 17.5 Å². The van der Waals surface area contributed by atoms with Crippen LogP contribution in [0.2, 0.25) is 0 Å². The number of carbonyl (C=O) groups is 2. The predicted molar refractivity (Wildman–Crippen MR) is 111 cm³/mol. The predicted octanol–water partition coefficient (Wildman–Crippen LogP) is 2.34. The number of nitrogens with zero attached hydrogens (tertiary/aromatic N) is 4. The Kier molecular flexibility index (Phi) is 7.38. The highest BCUT2D eigenvalue weighted by molar-refractivity contribution is 5.94. The van der Waals surface area contributed by atoms with Crippen LogP contribution in [0, 0.1) is 6.92 Å². The highest BCUT2D eigenvalue weighted by atomic mass is 16.2. The molecule has 0 spiro atoms. The number of hydrogen-bond acceptors (Lipinski definition) is 4. The van der Waals surface area contributed by atoms with E-state index in [-0.39, 0.29) is 11.8 Å². The summed E-state index contributed by atoms with van der Waals surface area (Å²) < 4.78 is 3.80. The van der Waals surface area contributed by atoms with E-state index >= 15 is 0 Å². The Balaban J connectivity index is 1.26. The second kappa shape index (κ2) is 10.4. The molecule has 154 valence electrons. The molecule has 3 heterocycles. The number of unbranched alkanes of at least 4 members (excludes halogenated alkanes) is 2. The number of imidazole rings is 2. The van der Waals surface area contributed by atoms with Crippen LogP contribution < -0.4 is 10.6 Å². The van der Waals surface area contributed by atoms with Crippen LogP contribution in [0.15, 0.2) is 43.1 Å². The lowest BCUT2D eigenvalue weighted by atomic mass is 10.2. The van der Waals surface area contributed by atoms with E-state index in [1.807, 2.05) is 46.5 Å². The third kappa shape index (κ3) is 5.91. The molecule has 2 N–H and O–H groups in total. The Morgan fingerprint density at radius 3 is 2.72 bits per heavy atom. The molecular formula is C21H28N6O2. The molecule has 3 aromatic rings. The van der Waals surface area contributed by atoms with Crippen molar-refractivity contribution in [3.05, 3.63) is 54.5 Å². The molecule has 0 aliphatic carbocycles. The van der Waals surface area contributed by atoms with Gasteiger partial charge >= 0.3 is 0 Å². The maximum atomic E-state index is 12.5. The molecule has 8 heteroatoms. The number of carbonyl (C=O) groups excluding carboxylic acids is 2. The van der Waals surface area contributed by atoms with E-state index in [9.17, 15) is 9.59 Å². The highest BCUT2D eigenvalue weighted by Crippen LogP contribution is 2.11. The van der Waals surface area contributed by atoms with Crippen LogP contribution in [-0.4, -0.2) is 43.8 Å². The fourth-order valence-electron chi connectivity index (χ4n) is 3.26. The van der Waals surface area contributed by atoms with Crippen molar-refractivity contribution in [1.82, 2.24) is 29.6 Å². The van der Waals surface area contributed by atoms with E-state index in [2.05, 4.69) is 20.6 Å². The molecule has 0 bridgehead atoms. The highest BCUT2D eigenvalue weighted by Gasteiger charge is 2.15. The molecule has 0 aromatic carbocycles. The van der Waals surface area contributed by atoms with Gasteiger partial charge in [-0.3, -0.25) is 14.0 Å². The van der Waals surface area contributed by atoms with Crippen LogP contribution >= 0.6 is 0 Å². The first kappa shape index (κ1) is 20.6. The van der Waals surface area contributed by atoms with Crippen molar-refractivity contribution in [2.45, 2.75) is 45.6 Å². The summed E-state index contributed by atoms with van der Waals surface area (Å²) in [6, 6.07) is 5.67. The SMILES string of the molecule is Cc1nc2ccccn2c1C(=O)NCCCCCC(=O)NCCCn1ccnc1. The molecule has 0 aliphatic heterocycles. The van der Waals surface area contributed by atoms with Gasteiger partial charge in [0.05, 0.1) is 12.0 Å². The van der Waals surface area contributed by atoms with Gasteiger partial charge in [0.1, 0.15) is 11.3 Å². The number of aromatic nitrogens is 4. The van der Waals surface area contributed by atoms with Gasteiger partial charge in [-0.25, -0.2) is 9.97 Å². The minimum Gasteiger partial charge on any atom is -0.356 e. The molecule has 0 unspecified atom stereocenters. The lowest BCUT2D eigenvalue weighted by Crippen LogP contribution is -2.26. The first-order valence-corrected chi connectivity index (χ1v) is 10.1. The van der Waals surface area contributed by atoms with E-state index < -0.39 is 0 Å². The van der Waals surface area contributed by atoms with E-state index in [4.69, 9.17) is 0 Å². The van der Waals surface area contributed by atoms with Crippen molar-refractivity contribution < 1.29 is 9.59 Å². The number of hydrogen-bond donors (Lipinski definition) is 2. The van der Waals surface area contributed by atoms with Crippen molar-refractivity contribution in [2.24, 2.45) is 0 Å².